The molecule has 2 heterocycles. The highest BCUT2D eigenvalue weighted by Gasteiger charge is 2.40. The number of H-pyrrole nitrogens is 2. The van der Waals surface area contributed by atoms with Crippen LogP contribution < -0.4 is 11.2 Å². The highest BCUT2D eigenvalue weighted by molar-refractivity contribution is 8.00. The van der Waals surface area contributed by atoms with Gasteiger partial charge in [-0.05, 0) is 6.92 Å². The number of rotatable bonds is 2. The lowest BCUT2D eigenvalue weighted by atomic mass is 10.2. The molecule has 0 spiro atoms. The van der Waals surface area contributed by atoms with Crippen molar-refractivity contribution in [3.8, 4) is 0 Å². The minimum atomic E-state index is -1.11. The van der Waals surface area contributed by atoms with E-state index >= 15 is 0 Å². The topological polar surface area (TPSA) is 123 Å². The van der Waals surface area contributed by atoms with E-state index in [0.717, 1.165) is 11.0 Å². The number of hydrogen-bond donors (Lipinski definition) is 3. The summed E-state index contributed by atoms with van der Waals surface area (Å²) in [5, 5.41) is 8.72. The number of carbonyl (C=O) groups is 2. The maximum Gasteiger partial charge on any atom is 0.327 e. The van der Waals surface area contributed by atoms with Crippen LogP contribution in [-0.4, -0.2) is 49.0 Å². The van der Waals surface area contributed by atoms with E-state index in [0.29, 0.717) is 0 Å². The van der Waals surface area contributed by atoms with Crippen LogP contribution in [0.3, 0.4) is 0 Å². The van der Waals surface area contributed by atoms with Gasteiger partial charge < -0.3 is 15.0 Å². The average molecular weight is 285 g/mol. The van der Waals surface area contributed by atoms with Gasteiger partial charge in [-0.3, -0.25) is 14.6 Å². The zero-order valence-electron chi connectivity index (χ0n) is 9.87. The van der Waals surface area contributed by atoms with Gasteiger partial charge in [-0.25, -0.2) is 9.59 Å². The van der Waals surface area contributed by atoms with Crippen molar-refractivity contribution >= 4 is 23.6 Å². The summed E-state index contributed by atoms with van der Waals surface area (Å²) >= 11 is 1.32. The largest absolute Gasteiger partial charge is 0.480 e. The fourth-order valence-electron chi connectivity index (χ4n) is 1.86. The first-order chi connectivity index (χ1) is 8.90. The molecule has 1 aromatic heterocycles. The molecule has 0 radical (unpaired) electrons. The minimum Gasteiger partial charge on any atom is -0.480 e. The van der Waals surface area contributed by atoms with Crippen LogP contribution in [0.5, 0.6) is 0 Å². The fourth-order valence-corrected chi connectivity index (χ4v) is 3.03. The molecule has 19 heavy (non-hydrogen) atoms. The molecule has 1 saturated heterocycles. The van der Waals surface area contributed by atoms with E-state index in [1.165, 1.54) is 11.8 Å². The average Bonchev–Trinajstić information content (AvgIpc) is 2.69. The third-order valence-electron chi connectivity index (χ3n) is 2.73. The summed E-state index contributed by atoms with van der Waals surface area (Å²) < 4.78 is 0. The van der Waals surface area contributed by atoms with Crippen molar-refractivity contribution < 1.29 is 14.7 Å². The molecule has 2 rings (SSSR count). The van der Waals surface area contributed by atoms with E-state index < -0.39 is 29.2 Å². The summed E-state index contributed by atoms with van der Waals surface area (Å²) in [6.45, 7) is 1.69. The molecule has 2 atom stereocenters. The Labute approximate surface area is 110 Å². The number of aliphatic carboxylic acids is 1. The number of nitrogens with zero attached hydrogens (tertiary/aromatic N) is 1. The first kappa shape index (κ1) is 13.4. The maximum atomic E-state index is 12.2. The molecule has 9 heteroatoms. The predicted molar refractivity (Wildman–Crippen MR) is 67.2 cm³/mol. The lowest BCUT2D eigenvalue weighted by Gasteiger charge is -2.24. The third-order valence-corrected chi connectivity index (χ3v) is 3.95. The minimum absolute atomic E-state index is 0.214. The Kier molecular flexibility index (Phi) is 3.47. The van der Waals surface area contributed by atoms with E-state index in [4.69, 9.17) is 5.11 Å². The normalized spacial score (nSPS) is 22.5. The zero-order valence-corrected chi connectivity index (χ0v) is 10.7. The number of carbonyl (C=O) groups excluding carboxylic acids is 1. The van der Waals surface area contributed by atoms with Crippen molar-refractivity contribution in [3.05, 3.63) is 32.6 Å². The molecule has 1 aromatic rings. The Hall–Kier alpha value is -2.03. The molecule has 0 aliphatic carbocycles. The standard InChI is InChI=1S/C10H11N3O5S/c1-4-13(6(3-19-4)9(16)17)8(15)5-2-7(14)12-10(18)11-5/h2,4,6H,3H2,1H3,(H,16,17)(H2,11,12,14,18). The molecule has 1 aliphatic heterocycles. The Morgan fingerprint density at radius 3 is 2.68 bits per heavy atom. The van der Waals surface area contributed by atoms with Gasteiger partial charge in [0, 0.05) is 11.8 Å². The summed E-state index contributed by atoms with van der Waals surface area (Å²) in [6.07, 6.45) is 0. The summed E-state index contributed by atoms with van der Waals surface area (Å²) in [4.78, 5) is 50.9. The zero-order chi connectivity index (χ0) is 14.2. The summed E-state index contributed by atoms with van der Waals surface area (Å²) in [6, 6.07) is -0.0199. The molecule has 0 aromatic carbocycles. The first-order valence-electron chi connectivity index (χ1n) is 5.41. The van der Waals surface area contributed by atoms with Crippen molar-refractivity contribution in [3.63, 3.8) is 0 Å². The smallest absolute Gasteiger partial charge is 0.327 e. The van der Waals surface area contributed by atoms with Gasteiger partial charge >= 0.3 is 11.7 Å². The van der Waals surface area contributed by atoms with Gasteiger partial charge in [0.15, 0.2) is 0 Å². The van der Waals surface area contributed by atoms with Gasteiger partial charge in [0.2, 0.25) is 0 Å². The van der Waals surface area contributed by atoms with Crippen LogP contribution in [0.4, 0.5) is 0 Å². The second kappa shape index (κ2) is 4.92. The lowest BCUT2D eigenvalue weighted by molar-refractivity contribution is -0.141. The quantitative estimate of drug-likeness (QED) is 0.644. The van der Waals surface area contributed by atoms with Crippen molar-refractivity contribution in [1.29, 1.82) is 0 Å². The third kappa shape index (κ3) is 2.55. The summed E-state index contributed by atoms with van der Waals surface area (Å²) in [5.41, 5.74) is -1.73. The molecule has 1 aliphatic rings. The Balaban J connectivity index is 2.39. The SMILES string of the molecule is CC1SCC(C(=O)O)N1C(=O)c1cc(=O)[nH]c(=O)[nH]1. The molecule has 0 bridgehead atoms. The highest BCUT2D eigenvalue weighted by atomic mass is 32.2. The Morgan fingerprint density at radius 1 is 1.42 bits per heavy atom. The van der Waals surface area contributed by atoms with Gasteiger partial charge in [-0.2, -0.15) is 0 Å². The van der Waals surface area contributed by atoms with E-state index in [2.05, 4.69) is 4.98 Å². The molecule has 102 valence electrons. The number of hydrogen-bond acceptors (Lipinski definition) is 5. The summed E-state index contributed by atoms with van der Waals surface area (Å²) in [5.74, 6) is -1.51. The van der Waals surface area contributed by atoms with Gasteiger partial charge in [-0.15, -0.1) is 11.8 Å². The van der Waals surface area contributed by atoms with E-state index in [9.17, 15) is 19.2 Å². The number of aromatic nitrogens is 2. The molecule has 0 saturated carbocycles. The van der Waals surface area contributed by atoms with Crippen molar-refractivity contribution in [1.82, 2.24) is 14.9 Å². The van der Waals surface area contributed by atoms with Crippen LogP contribution >= 0.6 is 11.8 Å². The number of carboxylic acid groups (broad SMARTS) is 1. The Morgan fingerprint density at radius 2 is 2.11 bits per heavy atom. The molecule has 1 fully saturated rings. The van der Waals surface area contributed by atoms with Gasteiger partial charge in [0.1, 0.15) is 11.7 Å². The number of carboxylic acids is 1. The molecular weight excluding hydrogens is 274 g/mol. The van der Waals surface area contributed by atoms with E-state index in [1.54, 1.807) is 6.92 Å². The lowest BCUT2D eigenvalue weighted by Crippen LogP contribution is -2.45. The molecule has 3 N–H and O–H groups in total. The van der Waals surface area contributed by atoms with Crippen molar-refractivity contribution in [2.24, 2.45) is 0 Å². The predicted octanol–water partition coefficient (Wildman–Crippen LogP) is -0.949. The van der Waals surface area contributed by atoms with Gasteiger partial charge in [0.05, 0.1) is 5.37 Å². The van der Waals surface area contributed by atoms with Crippen LogP contribution in [0.2, 0.25) is 0 Å². The van der Waals surface area contributed by atoms with Crippen molar-refractivity contribution in [2.75, 3.05) is 5.75 Å². The van der Waals surface area contributed by atoms with Crippen LogP contribution in [0.15, 0.2) is 15.7 Å². The monoisotopic (exact) mass is 285 g/mol. The van der Waals surface area contributed by atoms with Crippen LogP contribution in [-0.2, 0) is 4.79 Å². The fraction of sp³-hybridized carbons (Fsp3) is 0.400. The highest BCUT2D eigenvalue weighted by Crippen LogP contribution is 2.29. The van der Waals surface area contributed by atoms with E-state index in [-0.39, 0.29) is 16.8 Å². The number of amides is 1. The second-order valence-electron chi connectivity index (χ2n) is 4.00. The van der Waals surface area contributed by atoms with Crippen LogP contribution in [0.1, 0.15) is 17.4 Å². The molecule has 1 amide bonds. The molecular formula is C10H11N3O5S. The first-order valence-corrected chi connectivity index (χ1v) is 6.45. The Bertz CT molecular complexity index is 608. The van der Waals surface area contributed by atoms with Crippen LogP contribution in [0, 0.1) is 0 Å². The number of nitrogens with one attached hydrogen (secondary N) is 2. The van der Waals surface area contributed by atoms with Gasteiger partial charge in [0.25, 0.3) is 11.5 Å². The number of thioether (sulfide) groups is 1. The summed E-state index contributed by atoms with van der Waals surface area (Å²) in [7, 11) is 0. The maximum absolute atomic E-state index is 12.2. The van der Waals surface area contributed by atoms with Gasteiger partial charge in [-0.1, -0.05) is 0 Å². The second-order valence-corrected chi connectivity index (χ2v) is 5.35. The molecule has 8 nitrogen and oxygen atoms in total. The number of aromatic amines is 2. The molecule has 2 unspecified atom stereocenters. The van der Waals surface area contributed by atoms with Crippen LogP contribution in [0.25, 0.3) is 0 Å². The van der Waals surface area contributed by atoms with Crippen molar-refractivity contribution in [2.45, 2.75) is 18.3 Å². The van der Waals surface area contributed by atoms with E-state index in [1.807, 2.05) is 4.98 Å².